The molecule has 0 saturated heterocycles. The normalized spacial score (nSPS) is 10.8. The van der Waals surface area contributed by atoms with Gasteiger partial charge in [0.2, 0.25) is 0 Å². The van der Waals surface area contributed by atoms with Crippen molar-refractivity contribution < 1.29 is 9.53 Å². The highest BCUT2D eigenvalue weighted by Crippen LogP contribution is 2.34. The van der Waals surface area contributed by atoms with Crippen molar-refractivity contribution in [2.75, 3.05) is 4.90 Å². The van der Waals surface area contributed by atoms with E-state index in [-0.39, 0.29) is 0 Å². The average molecular weight is 446 g/mol. The lowest BCUT2D eigenvalue weighted by Crippen LogP contribution is -2.09. The minimum Gasteiger partial charge on any atom is -0.423 e. The summed E-state index contributed by atoms with van der Waals surface area (Å²) in [5.74, 6) is 0.0346. The van der Waals surface area contributed by atoms with Crippen molar-refractivity contribution in [3.05, 3.63) is 132 Å². The standard InChI is InChI=1S/C31H27NO2/c1-4-31(33)34-30-21-13-26(14-22-30)10-9-25-11-19-29(20-12-25)32(27-15-5-23(2)6-16-27)28-17-7-24(3)8-18-28/h4-22H,1H2,2-3H3. The molecule has 168 valence electrons. The van der Waals surface area contributed by atoms with Crippen LogP contribution in [0.2, 0.25) is 0 Å². The molecule has 3 heteroatoms. The number of benzene rings is 4. The molecule has 0 aliphatic heterocycles. The van der Waals surface area contributed by atoms with Gasteiger partial charge in [-0.25, -0.2) is 4.79 Å². The largest absolute Gasteiger partial charge is 0.423 e. The minimum atomic E-state index is -0.464. The van der Waals surface area contributed by atoms with Gasteiger partial charge in [0.05, 0.1) is 0 Å². The van der Waals surface area contributed by atoms with Crippen LogP contribution in [0.1, 0.15) is 22.3 Å². The highest BCUT2D eigenvalue weighted by Gasteiger charge is 2.12. The summed E-state index contributed by atoms with van der Waals surface area (Å²) >= 11 is 0. The summed E-state index contributed by atoms with van der Waals surface area (Å²) in [6.07, 6.45) is 5.25. The van der Waals surface area contributed by atoms with Gasteiger partial charge in [0.1, 0.15) is 5.75 Å². The molecule has 4 rings (SSSR count). The summed E-state index contributed by atoms with van der Waals surface area (Å²) in [5, 5.41) is 0. The molecule has 0 saturated carbocycles. The van der Waals surface area contributed by atoms with Gasteiger partial charge >= 0.3 is 5.97 Å². The van der Waals surface area contributed by atoms with Crippen molar-refractivity contribution in [1.29, 1.82) is 0 Å². The van der Waals surface area contributed by atoms with Crippen LogP contribution >= 0.6 is 0 Å². The average Bonchev–Trinajstić information content (AvgIpc) is 2.87. The van der Waals surface area contributed by atoms with E-state index in [1.54, 1.807) is 12.1 Å². The van der Waals surface area contributed by atoms with Crippen LogP contribution in [0, 0.1) is 13.8 Å². The smallest absolute Gasteiger partial charge is 0.335 e. The zero-order valence-corrected chi connectivity index (χ0v) is 19.4. The van der Waals surface area contributed by atoms with Crippen molar-refractivity contribution in [3.63, 3.8) is 0 Å². The fourth-order valence-electron chi connectivity index (χ4n) is 3.57. The van der Waals surface area contributed by atoms with Crippen LogP contribution in [-0.2, 0) is 4.79 Å². The fourth-order valence-corrected chi connectivity index (χ4v) is 3.57. The second-order valence-corrected chi connectivity index (χ2v) is 8.13. The maximum Gasteiger partial charge on any atom is 0.335 e. The number of anilines is 3. The number of hydrogen-bond donors (Lipinski definition) is 0. The third-order valence-corrected chi connectivity index (χ3v) is 5.47. The molecular formula is C31H27NO2. The van der Waals surface area contributed by atoms with Gasteiger partial charge in [0.25, 0.3) is 0 Å². The molecule has 0 fully saturated rings. The third-order valence-electron chi connectivity index (χ3n) is 5.47. The van der Waals surface area contributed by atoms with Gasteiger partial charge in [-0.2, -0.15) is 0 Å². The van der Waals surface area contributed by atoms with Gasteiger partial charge in [-0.05, 0) is 73.5 Å². The summed E-state index contributed by atoms with van der Waals surface area (Å²) in [7, 11) is 0. The predicted molar refractivity (Wildman–Crippen MR) is 142 cm³/mol. The van der Waals surface area contributed by atoms with Crippen LogP contribution in [0.5, 0.6) is 5.75 Å². The third kappa shape index (κ3) is 5.70. The van der Waals surface area contributed by atoms with E-state index in [9.17, 15) is 4.79 Å². The molecule has 34 heavy (non-hydrogen) atoms. The van der Waals surface area contributed by atoms with Crippen LogP contribution in [0.3, 0.4) is 0 Å². The summed E-state index contributed by atoms with van der Waals surface area (Å²) in [6, 6.07) is 33.0. The minimum absolute atomic E-state index is 0.464. The molecule has 0 aliphatic rings. The van der Waals surface area contributed by atoms with Crippen molar-refractivity contribution in [1.82, 2.24) is 0 Å². The Morgan fingerprint density at radius 3 is 1.44 bits per heavy atom. The number of nitrogens with zero attached hydrogens (tertiary/aromatic N) is 1. The maximum absolute atomic E-state index is 11.3. The Hall–Kier alpha value is -4.37. The van der Waals surface area contributed by atoms with Gasteiger partial charge in [-0.1, -0.05) is 78.4 Å². The van der Waals surface area contributed by atoms with E-state index in [1.165, 1.54) is 11.1 Å². The highest BCUT2D eigenvalue weighted by molar-refractivity contribution is 5.83. The first-order chi connectivity index (χ1) is 16.5. The first kappa shape index (κ1) is 22.8. The van der Waals surface area contributed by atoms with E-state index >= 15 is 0 Å². The van der Waals surface area contributed by atoms with Crippen LogP contribution in [-0.4, -0.2) is 5.97 Å². The van der Waals surface area contributed by atoms with E-state index < -0.39 is 5.97 Å². The first-order valence-corrected chi connectivity index (χ1v) is 11.2. The Morgan fingerprint density at radius 1 is 0.647 bits per heavy atom. The van der Waals surface area contributed by atoms with Crippen LogP contribution in [0.25, 0.3) is 12.2 Å². The summed E-state index contributed by atoms with van der Waals surface area (Å²) in [4.78, 5) is 13.6. The van der Waals surface area contributed by atoms with Gasteiger partial charge in [-0.15, -0.1) is 0 Å². The fraction of sp³-hybridized carbons (Fsp3) is 0.0645. The lowest BCUT2D eigenvalue weighted by Gasteiger charge is -2.25. The topological polar surface area (TPSA) is 29.5 Å². The van der Waals surface area contributed by atoms with Crippen molar-refractivity contribution >= 4 is 35.2 Å². The Labute approximate surface area is 201 Å². The Bertz CT molecular complexity index is 1240. The molecule has 4 aromatic carbocycles. The molecule has 0 heterocycles. The van der Waals surface area contributed by atoms with Crippen LogP contribution in [0.4, 0.5) is 17.1 Å². The molecule has 0 spiro atoms. The zero-order chi connectivity index (χ0) is 23.9. The molecule has 0 N–H and O–H groups in total. The number of ether oxygens (including phenoxy) is 1. The monoisotopic (exact) mass is 445 g/mol. The maximum atomic E-state index is 11.3. The predicted octanol–water partition coefficient (Wildman–Crippen LogP) is 8.04. The lowest BCUT2D eigenvalue weighted by molar-refractivity contribution is -0.128. The Balaban J connectivity index is 1.55. The lowest BCUT2D eigenvalue weighted by atomic mass is 10.1. The summed E-state index contributed by atoms with van der Waals surface area (Å²) < 4.78 is 5.12. The SMILES string of the molecule is C=CC(=O)Oc1ccc(C=Cc2ccc(N(c3ccc(C)cc3)c3ccc(C)cc3)cc2)cc1. The van der Waals surface area contributed by atoms with E-state index in [1.807, 2.05) is 18.2 Å². The van der Waals surface area contributed by atoms with Crippen LogP contribution in [0.15, 0.2) is 110 Å². The van der Waals surface area contributed by atoms with E-state index in [2.05, 4.69) is 104 Å². The molecule has 4 aromatic rings. The first-order valence-electron chi connectivity index (χ1n) is 11.2. The number of esters is 1. The van der Waals surface area contributed by atoms with Gasteiger partial charge in [-0.3, -0.25) is 0 Å². The zero-order valence-electron chi connectivity index (χ0n) is 19.4. The number of carbonyl (C=O) groups is 1. The summed E-state index contributed by atoms with van der Waals surface area (Å²) in [5.41, 5.74) is 7.92. The highest BCUT2D eigenvalue weighted by atomic mass is 16.5. The molecule has 0 amide bonds. The number of carbonyl (C=O) groups excluding carboxylic acids is 1. The van der Waals surface area contributed by atoms with E-state index in [0.29, 0.717) is 5.75 Å². The van der Waals surface area contributed by atoms with E-state index in [4.69, 9.17) is 4.74 Å². The Kier molecular flexibility index (Phi) is 7.04. The molecule has 0 aliphatic carbocycles. The summed E-state index contributed by atoms with van der Waals surface area (Å²) in [6.45, 7) is 7.61. The molecule has 0 radical (unpaired) electrons. The van der Waals surface area contributed by atoms with Gasteiger partial charge < -0.3 is 9.64 Å². The van der Waals surface area contributed by atoms with Crippen molar-refractivity contribution in [2.45, 2.75) is 13.8 Å². The number of rotatable bonds is 7. The number of aryl methyl sites for hydroxylation is 2. The Morgan fingerprint density at radius 2 is 1.03 bits per heavy atom. The molecule has 0 unspecified atom stereocenters. The van der Waals surface area contributed by atoms with Gasteiger partial charge in [0.15, 0.2) is 0 Å². The molecule has 0 bridgehead atoms. The van der Waals surface area contributed by atoms with Crippen molar-refractivity contribution in [3.8, 4) is 5.75 Å². The molecular weight excluding hydrogens is 418 g/mol. The van der Waals surface area contributed by atoms with Gasteiger partial charge in [0, 0.05) is 23.1 Å². The molecule has 3 nitrogen and oxygen atoms in total. The second kappa shape index (κ2) is 10.5. The number of hydrogen-bond acceptors (Lipinski definition) is 3. The molecule has 0 atom stereocenters. The van der Waals surface area contributed by atoms with E-state index in [0.717, 1.165) is 34.3 Å². The van der Waals surface area contributed by atoms with Crippen LogP contribution < -0.4 is 9.64 Å². The quantitative estimate of drug-likeness (QED) is 0.125. The van der Waals surface area contributed by atoms with Crippen molar-refractivity contribution in [2.24, 2.45) is 0 Å². The second-order valence-electron chi connectivity index (χ2n) is 8.13. The molecule has 0 aromatic heterocycles.